The Bertz CT molecular complexity index is 789. The zero-order valence-corrected chi connectivity index (χ0v) is 13.2. The van der Waals surface area contributed by atoms with Crippen LogP contribution in [0.2, 0.25) is 0 Å². The molecule has 19 heavy (non-hydrogen) atoms. The fourth-order valence-corrected chi connectivity index (χ4v) is 2.72. The number of hydrogen-bond acceptors (Lipinski definition) is 3. The van der Waals surface area contributed by atoms with Crippen LogP contribution in [0.15, 0.2) is 30.6 Å². The van der Waals surface area contributed by atoms with Crippen molar-refractivity contribution in [2.75, 3.05) is 0 Å². The first-order valence-electron chi connectivity index (χ1n) is 5.79. The van der Waals surface area contributed by atoms with Gasteiger partial charge in [-0.2, -0.15) is 0 Å². The van der Waals surface area contributed by atoms with E-state index < -0.39 is 0 Å². The van der Waals surface area contributed by atoms with Crippen LogP contribution in [0, 0.1) is 15.3 Å². The van der Waals surface area contributed by atoms with Gasteiger partial charge in [0.05, 0.1) is 35.2 Å². The molecule has 96 valence electrons. The van der Waals surface area contributed by atoms with Crippen LogP contribution in [-0.4, -0.2) is 19.5 Å². The molecule has 0 aliphatic heterocycles. The van der Waals surface area contributed by atoms with Gasteiger partial charge in [-0.25, -0.2) is 0 Å². The molecule has 0 amide bonds. The van der Waals surface area contributed by atoms with Gasteiger partial charge in [-0.1, -0.05) is 0 Å². The Hall–Kier alpha value is -1.28. The van der Waals surface area contributed by atoms with Gasteiger partial charge in [0.1, 0.15) is 0 Å². The Morgan fingerprint density at radius 2 is 2.16 bits per heavy atom. The van der Waals surface area contributed by atoms with Gasteiger partial charge in [-0.15, -0.1) is 0 Å². The maximum absolute atomic E-state index is 5.38. The first-order valence-corrected chi connectivity index (χ1v) is 7.28. The monoisotopic (exact) mass is 382 g/mol. The highest BCUT2D eigenvalue weighted by Gasteiger charge is 2.06. The van der Waals surface area contributed by atoms with E-state index in [0.29, 0.717) is 11.3 Å². The van der Waals surface area contributed by atoms with Crippen LogP contribution in [0.4, 0.5) is 0 Å². The van der Waals surface area contributed by atoms with Crippen molar-refractivity contribution in [1.82, 2.24) is 19.5 Å². The van der Waals surface area contributed by atoms with Crippen LogP contribution in [0.3, 0.4) is 0 Å². The summed E-state index contributed by atoms with van der Waals surface area (Å²) in [5, 5.41) is 0. The molecular formula is C13H11IN4S. The summed E-state index contributed by atoms with van der Waals surface area (Å²) in [6.07, 6.45) is 3.57. The van der Waals surface area contributed by atoms with Crippen LogP contribution in [0.5, 0.6) is 0 Å². The number of nitrogens with one attached hydrogen (secondary N) is 1. The lowest BCUT2D eigenvalue weighted by molar-refractivity contribution is 0.776. The summed E-state index contributed by atoms with van der Waals surface area (Å²) >= 11 is 7.67. The standard InChI is InChI=1S/C13H11IN4S/c1-8-5-16-10(6-15-8)7-18-12-3-2-9(14)4-11(12)17-13(18)19/h2-6H,7H2,1H3,(H,17,19). The number of imidazole rings is 1. The Kier molecular flexibility index (Phi) is 3.36. The minimum Gasteiger partial charge on any atom is -0.331 e. The van der Waals surface area contributed by atoms with Gasteiger partial charge in [0, 0.05) is 9.77 Å². The van der Waals surface area contributed by atoms with Crippen LogP contribution in [0.1, 0.15) is 11.4 Å². The number of benzene rings is 1. The summed E-state index contributed by atoms with van der Waals surface area (Å²) < 4.78 is 3.93. The van der Waals surface area contributed by atoms with Crippen LogP contribution in [-0.2, 0) is 6.54 Å². The van der Waals surface area contributed by atoms with Gasteiger partial charge in [0.25, 0.3) is 0 Å². The molecule has 1 N–H and O–H groups in total. The first-order chi connectivity index (χ1) is 9.13. The second kappa shape index (κ2) is 5.01. The molecule has 0 fully saturated rings. The minimum atomic E-state index is 0.632. The molecule has 0 saturated heterocycles. The highest BCUT2D eigenvalue weighted by Crippen LogP contribution is 2.18. The third-order valence-corrected chi connectivity index (χ3v) is 3.88. The predicted octanol–water partition coefficient (Wildman–Crippen LogP) is 3.45. The van der Waals surface area contributed by atoms with E-state index in [1.807, 2.05) is 11.5 Å². The Balaban J connectivity index is 2.07. The molecule has 0 aliphatic carbocycles. The number of aryl methyl sites for hydroxylation is 1. The zero-order chi connectivity index (χ0) is 13.4. The van der Waals surface area contributed by atoms with E-state index >= 15 is 0 Å². The SMILES string of the molecule is Cc1cnc(Cn2c(=S)[nH]c3cc(I)ccc32)cn1. The minimum absolute atomic E-state index is 0.632. The Morgan fingerprint density at radius 3 is 2.89 bits per heavy atom. The highest BCUT2D eigenvalue weighted by molar-refractivity contribution is 14.1. The maximum Gasteiger partial charge on any atom is 0.178 e. The van der Waals surface area contributed by atoms with E-state index in [4.69, 9.17) is 12.2 Å². The lowest BCUT2D eigenvalue weighted by atomic mass is 10.3. The average molecular weight is 382 g/mol. The van der Waals surface area contributed by atoms with Crippen molar-refractivity contribution in [3.8, 4) is 0 Å². The molecule has 0 unspecified atom stereocenters. The molecule has 4 nitrogen and oxygen atoms in total. The van der Waals surface area contributed by atoms with E-state index in [2.05, 4.69) is 55.7 Å². The molecule has 0 spiro atoms. The second-order valence-electron chi connectivity index (χ2n) is 4.33. The zero-order valence-electron chi connectivity index (χ0n) is 10.2. The third kappa shape index (κ3) is 2.55. The van der Waals surface area contributed by atoms with Gasteiger partial charge < -0.3 is 9.55 Å². The molecular weight excluding hydrogens is 371 g/mol. The summed E-state index contributed by atoms with van der Waals surface area (Å²) in [6, 6.07) is 6.23. The molecule has 6 heteroatoms. The van der Waals surface area contributed by atoms with Gasteiger partial charge in [0.15, 0.2) is 4.77 Å². The first kappa shape index (κ1) is 12.7. The number of fused-ring (bicyclic) bond motifs is 1. The van der Waals surface area contributed by atoms with Gasteiger partial charge in [-0.05, 0) is 59.9 Å². The smallest absolute Gasteiger partial charge is 0.178 e. The van der Waals surface area contributed by atoms with Crippen molar-refractivity contribution < 1.29 is 0 Å². The molecule has 0 bridgehead atoms. The Labute approximate surface area is 129 Å². The fourth-order valence-electron chi connectivity index (χ4n) is 1.96. The molecule has 0 radical (unpaired) electrons. The second-order valence-corrected chi connectivity index (χ2v) is 5.96. The summed E-state index contributed by atoms with van der Waals surface area (Å²) in [5.41, 5.74) is 3.96. The maximum atomic E-state index is 5.38. The topological polar surface area (TPSA) is 46.5 Å². The normalized spacial score (nSPS) is 11.1. The van der Waals surface area contributed by atoms with E-state index in [1.165, 1.54) is 3.57 Å². The van der Waals surface area contributed by atoms with Crippen LogP contribution in [0.25, 0.3) is 11.0 Å². The molecule has 2 aromatic heterocycles. The molecule has 1 aromatic carbocycles. The highest BCUT2D eigenvalue weighted by atomic mass is 127. The number of aromatic nitrogens is 4. The molecule has 0 atom stereocenters. The van der Waals surface area contributed by atoms with Crippen molar-refractivity contribution in [2.24, 2.45) is 0 Å². The van der Waals surface area contributed by atoms with E-state index in [9.17, 15) is 0 Å². The van der Waals surface area contributed by atoms with Crippen LogP contribution < -0.4 is 0 Å². The third-order valence-electron chi connectivity index (χ3n) is 2.89. The van der Waals surface area contributed by atoms with E-state index in [-0.39, 0.29) is 0 Å². The molecule has 3 aromatic rings. The number of aromatic amines is 1. The average Bonchev–Trinajstić information content (AvgIpc) is 2.68. The van der Waals surface area contributed by atoms with Gasteiger partial charge in [-0.3, -0.25) is 9.97 Å². The van der Waals surface area contributed by atoms with Crippen molar-refractivity contribution in [2.45, 2.75) is 13.5 Å². The van der Waals surface area contributed by atoms with Gasteiger partial charge in [0.2, 0.25) is 0 Å². The largest absolute Gasteiger partial charge is 0.331 e. The van der Waals surface area contributed by atoms with Crippen LogP contribution >= 0.6 is 34.8 Å². The number of H-pyrrole nitrogens is 1. The Morgan fingerprint density at radius 1 is 1.32 bits per heavy atom. The van der Waals surface area contributed by atoms with Crippen molar-refractivity contribution in [1.29, 1.82) is 0 Å². The summed E-state index contributed by atoms with van der Waals surface area (Å²) in [5.74, 6) is 0. The summed E-state index contributed by atoms with van der Waals surface area (Å²) in [4.78, 5) is 11.9. The van der Waals surface area contributed by atoms with E-state index in [1.54, 1.807) is 12.4 Å². The number of rotatable bonds is 2. The number of halogens is 1. The van der Waals surface area contributed by atoms with Crippen molar-refractivity contribution in [3.63, 3.8) is 0 Å². The van der Waals surface area contributed by atoms with Crippen molar-refractivity contribution >= 4 is 45.8 Å². The predicted molar refractivity (Wildman–Crippen MR) is 85.7 cm³/mol. The number of nitrogens with zero attached hydrogens (tertiary/aromatic N) is 3. The number of hydrogen-bond donors (Lipinski definition) is 1. The quantitative estimate of drug-likeness (QED) is 0.546. The summed E-state index contributed by atoms with van der Waals surface area (Å²) in [6.45, 7) is 2.56. The fraction of sp³-hybridized carbons (Fsp3) is 0.154. The summed E-state index contributed by atoms with van der Waals surface area (Å²) in [7, 11) is 0. The van der Waals surface area contributed by atoms with Crippen molar-refractivity contribution in [3.05, 3.63) is 50.3 Å². The molecule has 3 rings (SSSR count). The molecule has 2 heterocycles. The molecule has 0 saturated carbocycles. The lowest BCUT2D eigenvalue weighted by Crippen LogP contribution is -2.02. The molecule has 0 aliphatic rings. The van der Waals surface area contributed by atoms with E-state index in [0.717, 1.165) is 22.4 Å². The van der Waals surface area contributed by atoms with Gasteiger partial charge >= 0.3 is 0 Å². The lowest BCUT2D eigenvalue weighted by Gasteiger charge is -2.04.